The first-order chi connectivity index (χ1) is 12.0. The highest BCUT2D eigenvalue weighted by molar-refractivity contribution is 7.99. The van der Waals surface area contributed by atoms with Crippen LogP contribution in [0.3, 0.4) is 0 Å². The Morgan fingerprint density at radius 2 is 2.16 bits per heavy atom. The van der Waals surface area contributed by atoms with Crippen molar-refractivity contribution in [2.24, 2.45) is 5.73 Å². The molecule has 0 amide bonds. The zero-order valence-electron chi connectivity index (χ0n) is 12.9. The molecule has 2 heterocycles. The van der Waals surface area contributed by atoms with Gasteiger partial charge in [-0.2, -0.15) is 10.2 Å². The molecule has 8 heteroatoms. The van der Waals surface area contributed by atoms with E-state index in [4.69, 9.17) is 22.6 Å². The van der Waals surface area contributed by atoms with Gasteiger partial charge >= 0.3 is 0 Å². The molecule has 1 aliphatic rings. The van der Waals surface area contributed by atoms with Crippen LogP contribution in [0.25, 0.3) is 0 Å². The summed E-state index contributed by atoms with van der Waals surface area (Å²) in [5, 5.41) is 9.81. The fraction of sp³-hybridized carbons (Fsp3) is 0.118. The average molecular weight is 353 g/mol. The summed E-state index contributed by atoms with van der Waals surface area (Å²) in [5.74, 6) is 1.83. The number of nitrogens with two attached hydrogens (primary N) is 2. The largest absolute Gasteiger partial charge is 0.422 e. The maximum Gasteiger partial charge on any atom is 0.231 e. The second-order valence-electron chi connectivity index (χ2n) is 5.08. The van der Waals surface area contributed by atoms with E-state index in [0.717, 1.165) is 0 Å². The molecule has 0 spiro atoms. The van der Waals surface area contributed by atoms with Crippen LogP contribution < -0.4 is 16.2 Å². The van der Waals surface area contributed by atoms with Gasteiger partial charge in [-0.05, 0) is 17.7 Å². The van der Waals surface area contributed by atoms with Crippen molar-refractivity contribution in [2.45, 2.75) is 11.1 Å². The van der Waals surface area contributed by atoms with Crippen molar-refractivity contribution in [3.63, 3.8) is 0 Å². The summed E-state index contributed by atoms with van der Waals surface area (Å²) in [4.78, 5) is 8.47. The van der Waals surface area contributed by atoms with Gasteiger partial charge in [-0.3, -0.25) is 0 Å². The predicted molar refractivity (Wildman–Crippen MR) is 91.7 cm³/mol. The third-order valence-corrected chi connectivity index (χ3v) is 4.31. The Morgan fingerprint density at radius 1 is 1.36 bits per heavy atom. The Balaban J connectivity index is 2.19. The minimum atomic E-state index is -0.712. The SMILES string of the molecule is C#CCSc1nc(N)c2c(n1)OC(N)=C(C#N)C2c1cccc(F)c1. The van der Waals surface area contributed by atoms with E-state index in [9.17, 15) is 9.65 Å². The van der Waals surface area contributed by atoms with Crippen molar-refractivity contribution < 1.29 is 9.13 Å². The highest BCUT2D eigenvalue weighted by Gasteiger charge is 2.34. The zero-order chi connectivity index (χ0) is 18.0. The average Bonchev–Trinajstić information content (AvgIpc) is 2.58. The monoisotopic (exact) mass is 353 g/mol. The van der Waals surface area contributed by atoms with Gasteiger partial charge in [-0.1, -0.05) is 29.8 Å². The molecule has 1 atom stereocenters. The molecule has 0 bridgehead atoms. The first-order valence-electron chi connectivity index (χ1n) is 7.12. The summed E-state index contributed by atoms with van der Waals surface area (Å²) in [6.07, 6.45) is 5.23. The molecule has 1 unspecified atom stereocenters. The number of fused-ring (bicyclic) bond motifs is 1. The number of halogens is 1. The van der Waals surface area contributed by atoms with Gasteiger partial charge in [-0.25, -0.2) is 9.37 Å². The number of thioether (sulfide) groups is 1. The molecule has 0 fully saturated rings. The molecule has 0 saturated heterocycles. The second kappa shape index (κ2) is 6.71. The first-order valence-corrected chi connectivity index (χ1v) is 8.10. The fourth-order valence-electron chi connectivity index (χ4n) is 2.55. The standard InChI is InChI=1S/C17H12FN5OS/c1-2-6-25-17-22-14(20)13-12(9-4-3-5-10(18)7-9)11(8-19)15(21)24-16(13)23-17/h1,3-5,7,12H,6,21H2,(H2,20,22,23). The van der Waals surface area contributed by atoms with E-state index in [-0.39, 0.29) is 23.2 Å². The van der Waals surface area contributed by atoms with Gasteiger partial charge in [0.05, 0.1) is 17.2 Å². The van der Waals surface area contributed by atoms with E-state index in [0.29, 0.717) is 22.0 Å². The molecule has 0 radical (unpaired) electrons. The van der Waals surface area contributed by atoms with Crippen LogP contribution in [0, 0.1) is 29.5 Å². The molecule has 6 nitrogen and oxygen atoms in total. The van der Waals surface area contributed by atoms with Gasteiger partial charge in [0, 0.05) is 0 Å². The number of nitrogens with zero attached hydrogens (tertiary/aromatic N) is 3. The molecular weight excluding hydrogens is 341 g/mol. The van der Waals surface area contributed by atoms with Crippen molar-refractivity contribution in [1.29, 1.82) is 5.26 Å². The number of aromatic nitrogens is 2. The number of benzene rings is 1. The molecule has 3 rings (SSSR count). The topological polar surface area (TPSA) is 111 Å². The maximum atomic E-state index is 13.7. The summed E-state index contributed by atoms with van der Waals surface area (Å²) in [6, 6.07) is 7.84. The van der Waals surface area contributed by atoms with E-state index < -0.39 is 11.7 Å². The smallest absolute Gasteiger partial charge is 0.231 e. The van der Waals surface area contributed by atoms with Gasteiger partial charge in [-0.15, -0.1) is 6.42 Å². The van der Waals surface area contributed by atoms with Gasteiger partial charge in [0.25, 0.3) is 0 Å². The van der Waals surface area contributed by atoms with Gasteiger partial charge in [0.15, 0.2) is 5.16 Å². The number of ether oxygens (including phenoxy) is 1. The van der Waals surface area contributed by atoms with Crippen LogP contribution in [-0.2, 0) is 0 Å². The van der Waals surface area contributed by atoms with Crippen LogP contribution in [0.5, 0.6) is 5.88 Å². The molecular formula is C17H12FN5OS. The maximum absolute atomic E-state index is 13.7. The number of nitrogen functional groups attached to an aromatic ring is 1. The minimum Gasteiger partial charge on any atom is -0.422 e. The van der Waals surface area contributed by atoms with E-state index in [1.165, 1.54) is 23.9 Å². The van der Waals surface area contributed by atoms with E-state index >= 15 is 0 Å². The third-order valence-electron chi connectivity index (χ3n) is 3.56. The Labute approximate surface area is 147 Å². The minimum absolute atomic E-state index is 0.102. The second-order valence-corrected chi connectivity index (χ2v) is 6.03. The molecule has 0 aliphatic carbocycles. The Bertz CT molecular complexity index is 960. The third kappa shape index (κ3) is 3.08. The predicted octanol–water partition coefficient (Wildman–Crippen LogP) is 2.14. The number of hydrogen-bond donors (Lipinski definition) is 2. The Hall–Kier alpha value is -3.23. The van der Waals surface area contributed by atoms with E-state index in [1.807, 2.05) is 6.07 Å². The van der Waals surface area contributed by atoms with E-state index in [1.54, 1.807) is 12.1 Å². The highest BCUT2D eigenvalue weighted by atomic mass is 32.2. The molecule has 4 N–H and O–H groups in total. The van der Waals surface area contributed by atoms with Crippen LogP contribution in [0.4, 0.5) is 10.2 Å². The van der Waals surface area contributed by atoms with Crippen LogP contribution in [-0.4, -0.2) is 15.7 Å². The fourth-order valence-corrected chi connectivity index (χ4v) is 3.07. The molecule has 0 saturated carbocycles. The first kappa shape index (κ1) is 16.6. The summed E-state index contributed by atoms with van der Waals surface area (Å²) in [6.45, 7) is 0. The number of allylic oxidation sites excluding steroid dienone is 1. The molecule has 1 aliphatic heterocycles. The lowest BCUT2D eigenvalue weighted by Crippen LogP contribution is -2.23. The molecule has 2 aromatic rings. The van der Waals surface area contributed by atoms with Crippen molar-refractivity contribution in [1.82, 2.24) is 9.97 Å². The summed E-state index contributed by atoms with van der Waals surface area (Å²) in [7, 11) is 0. The quantitative estimate of drug-likeness (QED) is 0.494. The van der Waals surface area contributed by atoms with Crippen LogP contribution in [0.2, 0.25) is 0 Å². The van der Waals surface area contributed by atoms with Gasteiger partial charge < -0.3 is 16.2 Å². The number of nitriles is 1. The highest BCUT2D eigenvalue weighted by Crippen LogP contribution is 2.44. The van der Waals surface area contributed by atoms with Crippen molar-refractivity contribution >= 4 is 17.6 Å². The zero-order valence-corrected chi connectivity index (χ0v) is 13.7. The summed E-state index contributed by atoms with van der Waals surface area (Å²) < 4.78 is 19.1. The lowest BCUT2D eigenvalue weighted by atomic mass is 9.84. The van der Waals surface area contributed by atoms with Gasteiger partial charge in [0.2, 0.25) is 11.8 Å². The lowest BCUT2D eigenvalue weighted by molar-refractivity contribution is 0.372. The molecule has 1 aromatic heterocycles. The van der Waals surface area contributed by atoms with Crippen molar-refractivity contribution in [2.75, 3.05) is 11.5 Å². The van der Waals surface area contributed by atoms with Crippen molar-refractivity contribution in [3.05, 3.63) is 52.7 Å². The van der Waals surface area contributed by atoms with Crippen molar-refractivity contribution in [3.8, 4) is 24.3 Å². The number of terminal acetylenes is 1. The number of hydrogen-bond acceptors (Lipinski definition) is 7. The normalized spacial score (nSPS) is 15.7. The van der Waals surface area contributed by atoms with Crippen LogP contribution in [0.1, 0.15) is 17.0 Å². The molecule has 25 heavy (non-hydrogen) atoms. The Morgan fingerprint density at radius 3 is 2.84 bits per heavy atom. The molecule has 1 aromatic carbocycles. The molecule has 124 valence electrons. The Kier molecular flexibility index (Phi) is 4.46. The number of anilines is 1. The summed E-state index contributed by atoms with van der Waals surface area (Å²) in [5.41, 5.74) is 13.0. The lowest BCUT2D eigenvalue weighted by Gasteiger charge is -2.26. The van der Waals surface area contributed by atoms with Gasteiger partial charge in [0.1, 0.15) is 23.3 Å². The van der Waals surface area contributed by atoms with E-state index in [2.05, 4.69) is 15.9 Å². The van der Waals surface area contributed by atoms with Crippen LogP contribution >= 0.6 is 11.8 Å². The number of rotatable bonds is 3. The van der Waals surface area contributed by atoms with Crippen LogP contribution in [0.15, 0.2) is 40.9 Å². The summed E-state index contributed by atoms with van der Waals surface area (Å²) >= 11 is 1.21.